The van der Waals surface area contributed by atoms with Crippen molar-refractivity contribution < 1.29 is 14.2 Å². The third-order valence-corrected chi connectivity index (χ3v) is 4.79. The van der Waals surface area contributed by atoms with E-state index in [0.717, 1.165) is 33.7 Å². The second-order valence-electron chi connectivity index (χ2n) is 6.40. The summed E-state index contributed by atoms with van der Waals surface area (Å²) < 4.78 is 18.4. The molecule has 2 aromatic carbocycles. The molecule has 0 unspecified atom stereocenters. The van der Waals surface area contributed by atoms with Crippen molar-refractivity contribution in [3.63, 3.8) is 0 Å². The van der Waals surface area contributed by atoms with Crippen LogP contribution in [-0.4, -0.2) is 35.9 Å². The maximum absolute atomic E-state index is 5.49. The lowest BCUT2D eigenvalue weighted by Gasteiger charge is -2.14. The lowest BCUT2D eigenvalue weighted by molar-refractivity contribution is 0.324. The Morgan fingerprint density at radius 1 is 0.786 bits per heavy atom. The molecule has 2 heterocycles. The number of aryl methyl sites for hydroxylation is 1. The molecule has 142 valence electrons. The van der Waals surface area contributed by atoms with Crippen LogP contribution in [0, 0.1) is 6.92 Å². The highest BCUT2D eigenvalue weighted by Gasteiger charge is 2.16. The Balaban J connectivity index is 1.89. The molecule has 0 aliphatic carbocycles. The molecule has 0 saturated heterocycles. The highest BCUT2D eigenvalue weighted by Crippen LogP contribution is 2.41. The van der Waals surface area contributed by atoms with E-state index in [1.807, 2.05) is 47.0 Å². The predicted octanol–water partition coefficient (Wildman–Crippen LogP) is 4.40. The maximum Gasteiger partial charge on any atom is 0.203 e. The number of nitrogens with zero attached hydrogens (tertiary/aromatic N) is 3. The number of fused-ring (bicyclic) bond motifs is 1. The Kier molecular flexibility index (Phi) is 4.61. The predicted molar refractivity (Wildman–Crippen MR) is 108 cm³/mol. The average Bonchev–Trinajstić information content (AvgIpc) is 3.16. The summed E-state index contributed by atoms with van der Waals surface area (Å²) in [6.45, 7) is 2.07. The SMILES string of the molecule is COc1cc(-c2ccc3nnc(-c4ccccc4C)n3c2)cc(OC)c1OC. The third-order valence-electron chi connectivity index (χ3n) is 4.79. The molecule has 0 saturated carbocycles. The fraction of sp³-hybridized carbons (Fsp3) is 0.182. The molecule has 6 nitrogen and oxygen atoms in total. The Morgan fingerprint density at radius 3 is 2.14 bits per heavy atom. The van der Waals surface area contributed by atoms with Crippen LogP contribution in [0.5, 0.6) is 17.2 Å². The zero-order chi connectivity index (χ0) is 19.7. The van der Waals surface area contributed by atoms with Gasteiger partial charge in [0.2, 0.25) is 5.75 Å². The maximum atomic E-state index is 5.49. The Morgan fingerprint density at radius 2 is 1.50 bits per heavy atom. The van der Waals surface area contributed by atoms with Crippen molar-refractivity contribution in [2.75, 3.05) is 21.3 Å². The minimum absolute atomic E-state index is 0.569. The highest BCUT2D eigenvalue weighted by atomic mass is 16.5. The van der Waals surface area contributed by atoms with Crippen LogP contribution in [0.3, 0.4) is 0 Å². The topological polar surface area (TPSA) is 57.9 Å². The van der Waals surface area contributed by atoms with E-state index in [2.05, 4.69) is 29.3 Å². The van der Waals surface area contributed by atoms with Crippen molar-refractivity contribution in [3.05, 3.63) is 60.3 Å². The van der Waals surface area contributed by atoms with Gasteiger partial charge in [-0.25, -0.2) is 0 Å². The van der Waals surface area contributed by atoms with Gasteiger partial charge in [-0.15, -0.1) is 10.2 Å². The molecule has 0 amide bonds. The van der Waals surface area contributed by atoms with Crippen molar-refractivity contribution in [1.82, 2.24) is 14.6 Å². The van der Waals surface area contributed by atoms with E-state index in [-0.39, 0.29) is 0 Å². The van der Waals surface area contributed by atoms with E-state index in [9.17, 15) is 0 Å². The number of hydrogen-bond donors (Lipinski definition) is 0. The fourth-order valence-corrected chi connectivity index (χ4v) is 3.32. The summed E-state index contributed by atoms with van der Waals surface area (Å²) in [6.07, 6.45) is 2.03. The molecule has 4 rings (SSSR count). The van der Waals surface area contributed by atoms with Crippen LogP contribution in [0.1, 0.15) is 5.56 Å². The Labute approximate surface area is 163 Å². The van der Waals surface area contributed by atoms with E-state index >= 15 is 0 Å². The van der Waals surface area contributed by atoms with Gasteiger partial charge in [0.25, 0.3) is 0 Å². The summed E-state index contributed by atoms with van der Waals surface area (Å²) in [7, 11) is 4.82. The smallest absolute Gasteiger partial charge is 0.203 e. The molecule has 6 heteroatoms. The monoisotopic (exact) mass is 375 g/mol. The summed E-state index contributed by atoms with van der Waals surface area (Å²) in [4.78, 5) is 0. The molecular weight excluding hydrogens is 354 g/mol. The van der Waals surface area contributed by atoms with Crippen molar-refractivity contribution in [1.29, 1.82) is 0 Å². The van der Waals surface area contributed by atoms with Gasteiger partial charge >= 0.3 is 0 Å². The molecule has 0 spiro atoms. The van der Waals surface area contributed by atoms with Gasteiger partial charge in [0, 0.05) is 11.8 Å². The molecule has 0 aliphatic heterocycles. The van der Waals surface area contributed by atoms with Crippen molar-refractivity contribution in [3.8, 4) is 39.8 Å². The fourth-order valence-electron chi connectivity index (χ4n) is 3.32. The lowest BCUT2D eigenvalue weighted by atomic mass is 10.1. The second kappa shape index (κ2) is 7.23. The van der Waals surface area contributed by atoms with Crippen molar-refractivity contribution >= 4 is 5.65 Å². The van der Waals surface area contributed by atoms with E-state index in [1.165, 1.54) is 0 Å². The zero-order valence-corrected chi connectivity index (χ0v) is 16.3. The first-order chi connectivity index (χ1) is 13.7. The molecule has 4 aromatic rings. The van der Waals surface area contributed by atoms with Crippen molar-refractivity contribution in [2.45, 2.75) is 6.92 Å². The lowest BCUT2D eigenvalue weighted by Crippen LogP contribution is -1.96. The van der Waals surface area contributed by atoms with Crippen LogP contribution in [0.2, 0.25) is 0 Å². The summed E-state index contributed by atoms with van der Waals surface area (Å²) in [5.74, 6) is 2.60. The normalized spacial score (nSPS) is 10.9. The number of aromatic nitrogens is 3. The molecule has 0 fully saturated rings. The minimum atomic E-state index is 0.569. The average molecular weight is 375 g/mol. The molecule has 2 aromatic heterocycles. The third kappa shape index (κ3) is 2.93. The van der Waals surface area contributed by atoms with Gasteiger partial charge in [0.15, 0.2) is 23.0 Å². The van der Waals surface area contributed by atoms with Gasteiger partial charge in [-0.3, -0.25) is 4.40 Å². The van der Waals surface area contributed by atoms with Gasteiger partial charge < -0.3 is 14.2 Å². The van der Waals surface area contributed by atoms with Crippen LogP contribution < -0.4 is 14.2 Å². The van der Waals surface area contributed by atoms with Crippen LogP contribution in [-0.2, 0) is 0 Å². The van der Waals surface area contributed by atoms with Gasteiger partial charge in [-0.1, -0.05) is 24.3 Å². The highest BCUT2D eigenvalue weighted by molar-refractivity contribution is 5.73. The number of benzene rings is 2. The number of ether oxygens (including phenoxy) is 3. The largest absolute Gasteiger partial charge is 0.493 e. The number of rotatable bonds is 5. The molecule has 0 radical (unpaired) electrons. The van der Waals surface area contributed by atoms with Crippen LogP contribution in [0.25, 0.3) is 28.2 Å². The van der Waals surface area contributed by atoms with Crippen molar-refractivity contribution in [2.24, 2.45) is 0 Å². The van der Waals surface area contributed by atoms with Crippen LogP contribution >= 0.6 is 0 Å². The summed E-state index contributed by atoms with van der Waals surface area (Å²) >= 11 is 0. The summed E-state index contributed by atoms with van der Waals surface area (Å²) in [5, 5.41) is 8.71. The number of methoxy groups -OCH3 is 3. The first-order valence-corrected chi connectivity index (χ1v) is 8.87. The second-order valence-corrected chi connectivity index (χ2v) is 6.40. The first kappa shape index (κ1) is 17.9. The Bertz CT molecular complexity index is 1130. The van der Waals surface area contributed by atoms with Crippen LogP contribution in [0.4, 0.5) is 0 Å². The van der Waals surface area contributed by atoms with E-state index in [0.29, 0.717) is 17.2 Å². The molecule has 0 N–H and O–H groups in total. The first-order valence-electron chi connectivity index (χ1n) is 8.87. The summed E-state index contributed by atoms with van der Waals surface area (Å²) in [5.41, 5.74) is 4.92. The number of pyridine rings is 1. The quantitative estimate of drug-likeness (QED) is 0.518. The molecular formula is C22H21N3O3. The van der Waals surface area contributed by atoms with E-state index in [4.69, 9.17) is 14.2 Å². The van der Waals surface area contributed by atoms with Gasteiger partial charge in [0.1, 0.15) is 0 Å². The molecule has 28 heavy (non-hydrogen) atoms. The van der Waals surface area contributed by atoms with E-state index < -0.39 is 0 Å². The zero-order valence-electron chi connectivity index (χ0n) is 16.3. The van der Waals surface area contributed by atoms with E-state index in [1.54, 1.807) is 21.3 Å². The Hall–Kier alpha value is -3.54. The van der Waals surface area contributed by atoms with Gasteiger partial charge in [-0.2, -0.15) is 0 Å². The molecule has 0 bridgehead atoms. The molecule has 0 atom stereocenters. The van der Waals surface area contributed by atoms with Gasteiger partial charge in [0.05, 0.1) is 21.3 Å². The van der Waals surface area contributed by atoms with Crippen LogP contribution in [0.15, 0.2) is 54.7 Å². The summed E-state index contributed by atoms with van der Waals surface area (Å²) in [6, 6.07) is 16.0. The minimum Gasteiger partial charge on any atom is -0.493 e. The van der Waals surface area contributed by atoms with Gasteiger partial charge in [-0.05, 0) is 47.9 Å². The molecule has 0 aliphatic rings. The number of hydrogen-bond acceptors (Lipinski definition) is 5. The standard InChI is InChI=1S/C22H21N3O3/c1-14-7-5-6-8-17(14)22-24-23-20-10-9-15(13-25(20)22)16-11-18(26-2)21(28-4)19(12-16)27-3/h5-13H,1-4H3.